The number of aliphatic hydroxyl groups excluding tert-OH is 1. The molecule has 7 heteroatoms. The molecule has 96 valence electrons. The van der Waals surface area contributed by atoms with Crippen LogP contribution >= 0.6 is 0 Å². The Labute approximate surface area is 109 Å². The molecule has 1 saturated carbocycles. The van der Waals surface area contributed by atoms with Gasteiger partial charge in [-0.2, -0.15) is 10.4 Å². The molecule has 19 heavy (non-hydrogen) atoms. The maximum absolute atomic E-state index is 9.83. The highest BCUT2D eigenvalue weighted by Gasteiger charge is 2.42. The Hall–Kier alpha value is -2.46. The van der Waals surface area contributed by atoms with Gasteiger partial charge < -0.3 is 10.4 Å². The van der Waals surface area contributed by atoms with E-state index in [2.05, 4.69) is 20.4 Å². The van der Waals surface area contributed by atoms with Crippen LogP contribution in [0.5, 0.6) is 0 Å². The molecule has 0 bridgehead atoms. The number of aromatic nitrogens is 4. The summed E-state index contributed by atoms with van der Waals surface area (Å²) in [6.45, 7) is 0. The predicted octanol–water partition coefficient (Wildman–Crippen LogP) is 0.331. The average Bonchev–Trinajstić information content (AvgIpc) is 2.91. The quantitative estimate of drug-likeness (QED) is 0.821. The first-order valence-electron chi connectivity index (χ1n) is 5.95. The molecular formula is C12H12N6O. The molecule has 3 rings (SSSR count). The van der Waals surface area contributed by atoms with Gasteiger partial charge in [-0.3, -0.25) is 4.68 Å². The largest absolute Gasteiger partial charge is 0.391 e. The highest BCUT2D eigenvalue weighted by molar-refractivity contribution is 5.32. The van der Waals surface area contributed by atoms with Gasteiger partial charge >= 0.3 is 0 Å². The highest BCUT2D eigenvalue weighted by Crippen LogP contribution is 2.33. The number of nitrogens with one attached hydrogen (secondary N) is 1. The first-order chi connectivity index (χ1) is 9.28. The van der Waals surface area contributed by atoms with Crippen LogP contribution in [-0.4, -0.2) is 37.0 Å². The van der Waals surface area contributed by atoms with Gasteiger partial charge in [-0.05, 0) is 18.6 Å². The maximum Gasteiger partial charge on any atom is 0.224 e. The van der Waals surface area contributed by atoms with Crippen LogP contribution < -0.4 is 5.32 Å². The monoisotopic (exact) mass is 256 g/mol. The van der Waals surface area contributed by atoms with Crippen LogP contribution in [0.15, 0.2) is 30.7 Å². The minimum absolute atomic E-state index is 0.00356. The molecule has 0 unspecified atom stereocenters. The topological polar surface area (TPSA) is 99.7 Å². The molecule has 2 N–H and O–H groups in total. The second kappa shape index (κ2) is 4.66. The molecule has 0 amide bonds. The standard InChI is InChI=1S/C12H12N6O/c13-7-8-2-4-14-12(16-8)17-9-6-10(19)11(9)18-5-1-3-15-18/h1-5,9-11,19H,6H2,(H,14,16,17)/t9-,10+,11+/m0/s1. The molecule has 0 aromatic carbocycles. The van der Waals surface area contributed by atoms with Crippen LogP contribution in [0.25, 0.3) is 0 Å². The third kappa shape index (κ3) is 2.13. The van der Waals surface area contributed by atoms with E-state index in [1.165, 1.54) is 6.20 Å². The van der Waals surface area contributed by atoms with Crippen molar-refractivity contribution < 1.29 is 5.11 Å². The molecule has 2 aromatic heterocycles. The Kier molecular flexibility index (Phi) is 2.85. The van der Waals surface area contributed by atoms with Crippen LogP contribution in [0.1, 0.15) is 18.2 Å². The maximum atomic E-state index is 9.83. The van der Waals surface area contributed by atoms with Crippen LogP contribution in [-0.2, 0) is 0 Å². The lowest BCUT2D eigenvalue weighted by Gasteiger charge is -2.41. The SMILES string of the molecule is N#Cc1ccnc(N[C@H]2C[C@@H](O)[C@@H]2n2cccn2)n1. The van der Waals surface area contributed by atoms with Gasteiger partial charge in [-0.15, -0.1) is 0 Å². The Morgan fingerprint density at radius 3 is 3.05 bits per heavy atom. The average molecular weight is 256 g/mol. The van der Waals surface area contributed by atoms with E-state index < -0.39 is 6.10 Å². The molecule has 2 heterocycles. The second-order valence-electron chi connectivity index (χ2n) is 4.41. The molecule has 7 nitrogen and oxygen atoms in total. The first-order valence-corrected chi connectivity index (χ1v) is 5.95. The van der Waals surface area contributed by atoms with Crippen molar-refractivity contribution in [3.8, 4) is 6.07 Å². The Balaban J connectivity index is 1.75. The zero-order valence-electron chi connectivity index (χ0n) is 10.0. The number of aliphatic hydroxyl groups is 1. The third-order valence-corrected chi connectivity index (χ3v) is 3.22. The summed E-state index contributed by atoms with van der Waals surface area (Å²) < 4.78 is 1.72. The predicted molar refractivity (Wildman–Crippen MR) is 66.0 cm³/mol. The zero-order chi connectivity index (χ0) is 13.2. The Bertz CT molecular complexity index is 605. The molecule has 0 saturated heterocycles. The van der Waals surface area contributed by atoms with E-state index in [0.29, 0.717) is 18.1 Å². The van der Waals surface area contributed by atoms with Gasteiger partial charge in [0, 0.05) is 18.6 Å². The van der Waals surface area contributed by atoms with Crippen molar-refractivity contribution in [1.82, 2.24) is 19.7 Å². The molecule has 2 aromatic rings. The van der Waals surface area contributed by atoms with Gasteiger partial charge in [-0.25, -0.2) is 9.97 Å². The van der Waals surface area contributed by atoms with Gasteiger partial charge in [0.2, 0.25) is 5.95 Å². The molecule has 1 aliphatic rings. The molecular weight excluding hydrogens is 244 g/mol. The van der Waals surface area contributed by atoms with E-state index in [9.17, 15) is 5.11 Å². The van der Waals surface area contributed by atoms with Gasteiger partial charge in [0.15, 0.2) is 0 Å². The number of rotatable bonds is 3. The Morgan fingerprint density at radius 2 is 2.37 bits per heavy atom. The minimum atomic E-state index is -0.434. The second-order valence-corrected chi connectivity index (χ2v) is 4.41. The fourth-order valence-corrected chi connectivity index (χ4v) is 2.23. The molecule has 1 aliphatic carbocycles. The number of hydrogen-bond acceptors (Lipinski definition) is 6. The van der Waals surface area contributed by atoms with Crippen LogP contribution in [0.2, 0.25) is 0 Å². The number of nitrogens with zero attached hydrogens (tertiary/aromatic N) is 5. The zero-order valence-corrected chi connectivity index (χ0v) is 10.0. The fraction of sp³-hybridized carbons (Fsp3) is 0.333. The summed E-state index contributed by atoms with van der Waals surface area (Å²) in [7, 11) is 0. The van der Waals surface area contributed by atoms with Crippen molar-refractivity contribution in [2.45, 2.75) is 24.6 Å². The van der Waals surface area contributed by atoms with Crippen molar-refractivity contribution in [3.63, 3.8) is 0 Å². The van der Waals surface area contributed by atoms with E-state index >= 15 is 0 Å². The van der Waals surface area contributed by atoms with Crippen LogP contribution in [0, 0.1) is 11.3 Å². The van der Waals surface area contributed by atoms with Gasteiger partial charge in [0.1, 0.15) is 11.8 Å². The number of anilines is 1. The van der Waals surface area contributed by atoms with Crippen molar-refractivity contribution in [2.24, 2.45) is 0 Å². The van der Waals surface area contributed by atoms with Crippen molar-refractivity contribution in [2.75, 3.05) is 5.32 Å². The molecule has 0 aliphatic heterocycles. The summed E-state index contributed by atoms with van der Waals surface area (Å²) in [6.07, 6.45) is 5.19. The Morgan fingerprint density at radius 1 is 1.47 bits per heavy atom. The normalized spacial score (nSPS) is 25.4. The third-order valence-electron chi connectivity index (χ3n) is 3.22. The molecule has 1 fully saturated rings. The lowest BCUT2D eigenvalue weighted by Crippen LogP contribution is -2.51. The number of nitriles is 1. The fourth-order valence-electron chi connectivity index (χ4n) is 2.23. The smallest absolute Gasteiger partial charge is 0.224 e. The van der Waals surface area contributed by atoms with E-state index in [1.807, 2.05) is 18.3 Å². The van der Waals surface area contributed by atoms with Crippen molar-refractivity contribution in [3.05, 3.63) is 36.4 Å². The number of hydrogen-bond donors (Lipinski definition) is 2. The van der Waals surface area contributed by atoms with Crippen LogP contribution in [0.4, 0.5) is 5.95 Å². The van der Waals surface area contributed by atoms with E-state index in [-0.39, 0.29) is 12.1 Å². The minimum Gasteiger partial charge on any atom is -0.391 e. The van der Waals surface area contributed by atoms with Gasteiger partial charge in [0.25, 0.3) is 0 Å². The summed E-state index contributed by atoms with van der Waals surface area (Å²) in [5, 5.41) is 25.9. The summed E-state index contributed by atoms with van der Waals surface area (Å²) in [4.78, 5) is 8.12. The molecule has 3 atom stereocenters. The highest BCUT2D eigenvalue weighted by atomic mass is 16.3. The van der Waals surface area contributed by atoms with Gasteiger partial charge in [-0.1, -0.05) is 0 Å². The van der Waals surface area contributed by atoms with Crippen molar-refractivity contribution in [1.29, 1.82) is 5.26 Å². The van der Waals surface area contributed by atoms with E-state index in [1.54, 1.807) is 16.9 Å². The summed E-state index contributed by atoms with van der Waals surface area (Å²) in [6, 6.07) is 5.20. The van der Waals surface area contributed by atoms with Crippen LogP contribution in [0.3, 0.4) is 0 Å². The molecule has 0 spiro atoms. The summed E-state index contributed by atoms with van der Waals surface area (Å²) >= 11 is 0. The lowest BCUT2D eigenvalue weighted by atomic mass is 9.83. The van der Waals surface area contributed by atoms with E-state index in [4.69, 9.17) is 5.26 Å². The first kappa shape index (κ1) is 11.6. The summed E-state index contributed by atoms with van der Waals surface area (Å²) in [5.74, 6) is 0.396. The lowest BCUT2D eigenvalue weighted by molar-refractivity contribution is 0.0132. The van der Waals surface area contributed by atoms with E-state index in [0.717, 1.165) is 0 Å². The van der Waals surface area contributed by atoms with Gasteiger partial charge in [0.05, 0.1) is 18.2 Å². The van der Waals surface area contributed by atoms with Crippen molar-refractivity contribution >= 4 is 5.95 Å². The molecule has 0 radical (unpaired) electrons. The summed E-state index contributed by atoms with van der Waals surface area (Å²) in [5.41, 5.74) is 0.313.